The monoisotopic (exact) mass is 362 g/mol. The van der Waals surface area contributed by atoms with Gasteiger partial charge < -0.3 is 9.72 Å². The maximum atomic E-state index is 12.6. The first-order chi connectivity index (χ1) is 13.0. The highest BCUT2D eigenvalue weighted by molar-refractivity contribution is 6.21. The first kappa shape index (κ1) is 17.0. The molecule has 2 heterocycles. The highest BCUT2D eigenvalue weighted by Crippen LogP contribution is 2.29. The molecule has 4 rings (SSSR count). The zero-order valence-electron chi connectivity index (χ0n) is 15.0. The first-order valence-electron chi connectivity index (χ1n) is 8.66. The maximum Gasteiger partial charge on any atom is 0.261 e. The van der Waals surface area contributed by atoms with E-state index in [1.54, 1.807) is 31.4 Å². The fraction of sp³-hybridized carbons (Fsp3) is 0.190. The Morgan fingerprint density at radius 3 is 2.33 bits per heavy atom. The number of rotatable bonds is 5. The number of nitrogens with zero attached hydrogens (tertiary/aromatic N) is 1. The lowest BCUT2D eigenvalue weighted by atomic mass is 10.0. The van der Waals surface area contributed by atoms with Gasteiger partial charge in [0.05, 0.1) is 23.9 Å². The average molecular weight is 362 g/mol. The number of fused-ring (bicyclic) bond motifs is 2. The van der Waals surface area contributed by atoms with Crippen molar-refractivity contribution >= 4 is 28.5 Å². The third kappa shape index (κ3) is 2.70. The van der Waals surface area contributed by atoms with Crippen LogP contribution >= 0.6 is 0 Å². The number of ketones is 1. The number of aromatic nitrogens is 1. The van der Waals surface area contributed by atoms with Crippen molar-refractivity contribution in [2.75, 3.05) is 13.7 Å². The van der Waals surface area contributed by atoms with Gasteiger partial charge in [-0.05, 0) is 42.3 Å². The van der Waals surface area contributed by atoms with Gasteiger partial charge in [-0.3, -0.25) is 19.3 Å². The summed E-state index contributed by atoms with van der Waals surface area (Å²) < 4.78 is 5.28. The van der Waals surface area contributed by atoms with Gasteiger partial charge in [-0.2, -0.15) is 0 Å². The number of Topliss-reactive ketones (excluding diaryl/α,β-unsaturated/α-hetero) is 1. The number of amides is 2. The Morgan fingerprint density at radius 1 is 1.07 bits per heavy atom. The van der Waals surface area contributed by atoms with E-state index in [9.17, 15) is 14.4 Å². The summed E-state index contributed by atoms with van der Waals surface area (Å²) in [6.07, 6.45) is 0.382. The van der Waals surface area contributed by atoms with Crippen LogP contribution in [0.15, 0.2) is 42.5 Å². The van der Waals surface area contributed by atoms with Crippen LogP contribution in [0.3, 0.4) is 0 Å². The van der Waals surface area contributed by atoms with Gasteiger partial charge in [-0.15, -0.1) is 0 Å². The highest BCUT2D eigenvalue weighted by atomic mass is 16.5. The van der Waals surface area contributed by atoms with Crippen LogP contribution in [0.4, 0.5) is 0 Å². The van der Waals surface area contributed by atoms with Gasteiger partial charge in [-0.25, -0.2) is 0 Å². The largest absolute Gasteiger partial charge is 0.497 e. The van der Waals surface area contributed by atoms with Gasteiger partial charge in [0.1, 0.15) is 5.75 Å². The van der Waals surface area contributed by atoms with Crippen molar-refractivity contribution in [1.82, 2.24) is 9.88 Å². The van der Waals surface area contributed by atoms with E-state index >= 15 is 0 Å². The number of imide groups is 1. The Kier molecular flexibility index (Phi) is 4.03. The Bertz CT molecular complexity index is 1060. The average Bonchev–Trinajstić information content (AvgIpc) is 3.16. The molecular formula is C21H18N2O4. The minimum Gasteiger partial charge on any atom is -0.497 e. The zero-order valence-corrected chi connectivity index (χ0v) is 15.0. The van der Waals surface area contributed by atoms with E-state index in [4.69, 9.17) is 4.74 Å². The second-order valence-electron chi connectivity index (χ2n) is 6.50. The molecule has 0 fully saturated rings. The Balaban J connectivity index is 1.68. The lowest BCUT2D eigenvalue weighted by Crippen LogP contribution is -2.31. The molecule has 1 aliphatic heterocycles. The molecule has 1 N–H and O–H groups in total. The SMILES string of the molecule is COc1ccc2[nH]c(C(C)=O)c(CCN3C(=O)c4ccccc4C3=O)c2c1. The van der Waals surface area contributed by atoms with E-state index in [0.717, 1.165) is 16.5 Å². The van der Waals surface area contributed by atoms with Crippen LogP contribution < -0.4 is 4.74 Å². The third-order valence-corrected chi connectivity index (χ3v) is 4.93. The molecule has 0 aliphatic carbocycles. The molecule has 1 aliphatic rings. The first-order valence-corrected chi connectivity index (χ1v) is 8.66. The maximum absolute atomic E-state index is 12.6. The molecule has 0 spiro atoms. The summed E-state index contributed by atoms with van der Waals surface area (Å²) in [5, 5.41) is 0.858. The Hall–Kier alpha value is -3.41. The summed E-state index contributed by atoms with van der Waals surface area (Å²) in [5.74, 6) is -0.00379. The molecule has 0 saturated carbocycles. The van der Waals surface area contributed by atoms with Gasteiger partial charge in [0.15, 0.2) is 5.78 Å². The minimum atomic E-state index is -0.294. The number of benzene rings is 2. The van der Waals surface area contributed by atoms with Crippen molar-refractivity contribution in [1.29, 1.82) is 0 Å². The van der Waals surface area contributed by atoms with Crippen molar-refractivity contribution in [2.24, 2.45) is 0 Å². The van der Waals surface area contributed by atoms with Crippen molar-refractivity contribution in [2.45, 2.75) is 13.3 Å². The van der Waals surface area contributed by atoms with Gasteiger partial charge in [0, 0.05) is 24.4 Å². The molecule has 2 aromatic carbocycles. The molecule has 6 nitrogen and oxygen atoms in total. The molecule has 136 valence electrons. The summed E-state index contributed by atoms with van der Waals surface area (Å²) in [4.78, 5) is 41.6. The van der Waals surface area contributed by atoms with E-state index in [0.29, 0.717) is 29.0 Å². The van der Waals surface area contributed by atoms with Crippen molar-refractivity contribution in [3.63, 3.8) is 0 Å². The molecule has 6 heteroatoms. The van der Waals surface area contributed by atoms with Gasteiger partial charge >= 0.3 is 0 Å². The van der Waals surface area contributed by atoms with Gasteiger partial charge in [-0.1, -0.05) is 12.1 Å². The smallest absolute Gasteiger partial charge is 0.261 e. The van der Waals surface area contributed by atoms with Crippen LogP contribution in [0, 0.1) is 0 Å². The molecule has 0 radical (unpaired) electrons. The number of H-pyrrole nitrogens is 1. The van der Waals surface area contributed by atoms with Crippen LogP contribution in [0.2, 0.25) is 0 Å². The number of ether oxygens (including phenoxy) is 1. The minimum absolute atomic E-state index is 0.0949. The van der Waals surface area contributed by atoms with Crippen LogP contribution in [0.1, 0.15) is 43.7 Å². The van der Waals surface area contributed by atoms with Crippen LogP contribution in [-0.2, 0) is 6.42 Å². The summed E-state index contributed by atoms with van der Waals surface area (Å²) in [7, 11) is 1.58. The van der Waals surface area contributed by atoms with E-state index in [2.05, 4.69) is 4.98 Å². The van der Waals surface area contributed by atoms with Crippen LogP contribution in [-0.4, -0.2) is 41.1 Å². The Labute approximate surface area is 155 Å². The molecule has 2 amide bonds. The van der Waals surface area contributed by atoms with E-state index in [-0.39, 0.29) is 24.1 Å². The van der Waals surface area contributed by atoms with Gasteiger partial charge in [0.25, 0.3) is 11.8 Å². The lowest BCUT2D eigenvalue weighted by Gasteiger charge is -2.14. The predicted octanol–water partition coefficient (Wildman–Crippen LogP) is 3.22. The van der Waals surface area contributed by atoms with E-state index in [1.807, 2.05) is 18.2 Å². The van der Waals surface area contributed by atoms with Crippen molar-refractivity contribution in [3.8, 4) is 5.75 Å². The van der Waals surface area contributed by atoms with Gasteiger partial charge in [0.2, 0.25) is 0 Å². The second-order valence-corrected chi connectivity index (χ2v) is 6.50. The fourth-order valence-corrected chi connectivity index (χ4v) is 3.58. The normalized spacial score (nSPS) is 13.3. The third-order valence-electron chi connectivity index (χ3n) is 4.93. The summed E-state index contributed by atoms with van der Waals surface area (Å²) in [6, 6.07) is 12.3. The highest BCUT2D eigenvalue weighted by Gasteiger charge is 2.35. The van der Waals surface area contributed by atoms with E-state index < -0.39 is 0 Å². The molecule has 0 atom stereocenters. The zero-order chi connectivity index (χ0) is 19.1. The molecule has 0 unspecified atom stereocenters. The van der Waals surface area contributed by atoms with Crippen molar-refractivity contribution in [3.05, 3.63) is 64.8 Å². The number of carbonyl (C=O) groups excluding carboxylic acids is 3. The summed E-state index contributed by atoms with van der Waals surface area (Å²) in [5.41, 5.74) is 2.95. The standard InChI is InChI=1S/C21H18N2O4/c1-12(24)19-14(17-11-13(27-2)7-8-18(17)22-19)9-10-23-20(25)15-5-3-4-6-16(15)21(23)26/h3-8,11,22H,9-10H2,1-2H3. The summed E-state index contributed by atoms with van der Waals surface area (Å²) >= 11 is 0. The molecular weight excluding hydrogens is 344 g/mol. The van der Waals surface area contributed by atoms with Crippen LogP contribution in [0.5, 0.6) is 5.75 Å². The molecule has 1 aromatic heterocycles. The summed E-state index contributed by atoms with van der Waals surface area (Å²) in [6.45, 7) is 1.70. The topological polar surface area (TPSA) is 79.5 Å². The predicted molar refractivity (Wildman–Crippen MR) is 100 cm³/mol. The lowest BCUT2D eigenvalue weighted by molar-refractivity contribution is 0.0656. The molecule has 0 saturated heterocycles. The number of carbonyl (C=O) groups is 3. The molecule has 27 heavy (non-hydrogen) atoms. The fourth-order valence-electron chi connectivity index (χ4n) is 3.58. The molecule has 0 bridgehead atoms. The van der Waals surface area contributed by atoms with E-state index in [1.165, 1.54) is 11.8 Å². The number of hydrogen-bond acceptors (Lipinski definition) is 4. The number of nitrogens with one attached hydrogen (secondary N) is 1. The van der Waals surface area contributed by atoms with Crippen molar-refractivity contribution < 1.29 is 19.1 Å². The number of methoxy groups -OCH3 is 1. The molecule has 3 aromatic rings. The number of aromatic amines is 1. The van der Waals surface area contributed by atoms with Crippen LogP contribution in [0.25, 0.3) is 10.9 Å². The number of hydrogen-bond donors (Lipinski definition) is 1. The second kappa shape index (κ2) is 6.39. The quantitative estimate of drug-likeness (QED) is 0.558. The Morgan fingerprint density at radius 2 is 1.74 bits per heavy atom.